The largest absolute Gasteiger partial charge is 0.489 e. The molecule has 0 heterocycles. The van der Waals surface area contributed by atoms with Crippen molar-refractivity contribution in [1.82, 2.24) is 4.90 Å². The summed E-state index contributed by atoms with van der Waals surface area (Å²) in [5, 5.41) is 0. The predicted molar refractivity (Wildman–Crippen MR) is 147 cm³/mol. The number of likely N-dealkylation sites (N-methyl/N-ethyl adjacent to an activating group) is 1. The van der Waals surface area contributed by atoms with Crippen LogP contribution in [0.3, 0.4) is 0 Å². The molecule has 0 aromatic heterocycles. The molecule has 0 unspecified atom stereocenters. The number of carbonyl (C=O) groups is 1. The number of nitrogens with two attached hydrogens (primary N) is 1. The molecule has 0 fully saturated rings. The van der Waals surface area contributed by atoms with Crippen molar-refractivity contribution < 1.29 is 28.5 Å². The molecule has 0 saturated heterocycles. The zero-order chi connectivity index (χ0) is 26.6. The molecule has 2 N–H and O–H groups in total. The molecule has 0 atom stereocenters. The van der Waals surface area contributed by atoms with Crippen molar-refractivity contribution in [2.45, 2.75) is 5.92 Å². The van der Waals surface area contributed by atoms with Crippen LogP contribution in [0.5, 0.6) is 5.75 Å². The molecule has 1 amide bonds. The standard InChI is InChI=1S/C30H36N2O6/c1-32(14-15-34-16-17-35-18-19-36-20-21-37-29-13-7-6-12-28(29)31)30(33)38-22-27-25-10-4-2-8-23(25)24-9-3-5-11-26(24)27/h2-13,27H,14-22,31H2,1H3. The van der Waals surface area contributed by atoms with E-state index in [0.717, 1.165) is 0 Å². The predicted octanol–water partition coefficient (Wildman–Crippen LogP) is 4.58. The fraction of sp³-hybridized carbons (Fsp3) is 0.367. The molecule has 0 radical (unpaired) electrons. The maximum absolute atomic E-state index is 12.5. The third kappa shape index (κ3) is 7.47. The number of fused-ring (bicyclic) bond motifs is 3. The van der Waals surface area contributed by atoms with Crippen LogP contribution in [0.25, 0.3) is 11.1 Å². The average molecular weight is 521 g/mol. The molecule has 4 rings (SSSR count). The zero-order valence-corrected chi connectivity index (χ0v) is 21.8. The van der Waals surface area contributed by atoms with Gasteiger partial charge in [-0.25, -0.2) is 4.79 Å². The summed E-state index contributed by atoms with van der Waals surface area (Å²) in [6, 6.07) is 24.0. The van der Waals surface area contributed by atoms with E-state index in [1.807, 2.05) is 42.5 Å². The summed E-state index contributed by atoms with van der Waals surface area (Å²) in [4.78, 5) is 14.1. The number of hydrogen-bond acceptors (Lipinski definition) is 7. The summed E-state index contributed by atoms with van der Waals surface area (Å²) in [5.41, 5.74) is 11.3. The van der Waals surface area contributed by atoms with Gasteiger partial charge in [-0.2, -0.15) is 0 Å². The van der Waals surface area contributed by atoms with Gasteiger partial charge in [0.1, 0.15) is 19.0 Å². The minimum Gasteiger partial charge on any atom is -0.489 e. The Morgan fingerprint density at radius 1 is 0.737 bits per heavy atom. The summed E-state index contributed by atoms with van der Waals surface area (Å²) in [6.07, 6.45) is -0.359. The summed E-state index contributed by atoms with van der Waals surface area (Å²) in [5.74, 6) is 0.709. The third-order valence-electron chi connectivity index (χ3n) is 6.37. The minimum atomic E-state index is -0.359. The lowest BCUT2D eigenvalue weighted by Gasteiger charge is -2.19. The third-order valence-corrected chi connectivity index (χ3v) is 6.37. The number of para-hydroxylation sites is 2. The van der Waals surface area contributed by atoms with E-state index in [2.05, 4.69) is 24.3 Å². The summed E-state index contributed by atoms with van der Waals surface area (Å²) in [7, 11) is 1.71. The van der Waals surface area contributed by atoms with E-state index in [4.69, 9.17) is 29.4 Å². The lowest BCUT2D eigenvalue weighted by Crippen LogP contribution is -2.32. The van der Waals surface area contributed by atoms with Crippen molar-refractivity contribution in [2.24, 2.45) is 0 Å². The number of benzene rings is 3. The molecule has 38 heavy (non-hydrogen) atoms. The normalized spacial score (nSPS) is 12.1. The van der Waals surface area contributed by atoms with Crippen LogP contribution >= 0.6 is 0 Å². The maximum atomic E-state index is 12.5. The fourth-order valence-electron chi connectivity index (χ4n) is 4.36. The van der Waals surface area contributed by atoms with Gasteiger partial charge in [-0.05, 0) is 34.4 Å². The highest BCUT2D eigenvalue weighted by Crippen LogP contribution is 2.44. The van der Waals surface area contributed by atoms with Crippen LogP contribution in [0.4, 0.5) is 10.5 Å². The van der Waals surface area contributed by atoms with Gasteiger partial charge in [0.2, 0.25) is 0 Å². The second kappa shape index (κ2) is 14.4. The van der Waals surface area contributed by atoms with Crippen LogP contribution in [0.1, 0.15) is 17.0 Å². The van der Waals surface area contributed by atoms with Crippen LogP contribution in [-0.2, 0) is 18.9 Å². The Kier molecular flexibility index (Phi) is 10.4. The van der Waals surface area contributed by atoms with Gasteiger partial charge < -0.3 is 34.3 Å². The fourth-order valence-corrected chi connectivity index (χ4v) is 4.36. The van der Waals surface area contributed by atoms with E-state index >= 15 is 0 Å². The number of rotatable bonds is 15. The number of amides is 1. The van der Waals surface area contributed by atoms with Crippen LogP contribution in [0.2, 0.25) is 0 Å². The molecule has 8 heteroatoms. The number of nitrogens with zero attached hydrogens (tertiary/aromatic N) is 1. The Morgan fingerprint density at radius 2 is 1.26 bits per heavy atom. The average Bonchev–Trinajstić information content (AvgIpc) is 3.26. The Bertz CT molecular complexity index is 1130. The van der Waals surface area contributed by atoms with Crippen LogP contribution < -0.4 is 10.5 Å². The first-order chi connectivity index (χ1) is 18.6. The zero-order valence-electron chi connectivity index (χ0n) is 21.8. The summed E-state index contributed by atoms with van der Waals surface area (Å²) < 4.78 is 27.8. The molecular formula is C30H36N2O6. The van der Waals surface area contributed by atoms with Gasteiger partial charge in [-0.15, -0.1) is 0 Å². The van der Waals surface area contributed by atoms with Crippen molar-refractivity contribution in [3.05, 3.63) is 83.9 Å². The lowest BCUT2D eigenvalue weighted by molar-refractivity contribution is 0.00658. The van der Waals surface area contributed by atoms with Crippen LogP contribution in [-0.4, -0.2) is 77.4 Å². The topological polar surface area (TPSA) is 92.5 Å². The smallest absolute Gasteiger partial charge is 0.409 e. The summed E-state index contributed by atoms with van der Waals surface area (Å²) >= 11 is 0. The van der Waals surface area contributed by atoms with E-state index in [0.29, 0.717) is 70.8 Å². The second-order valence-electron chi connectivity index (χ2n) is 8.95. The van der Waals surface area contributed by atoms with Gasteiger partial charge in [0.15, 0.2) is 0 Å². The van der Waals surface area contributed by atoms with E-state index in [1.165, 1.54) is 27.2 Å². The highest BCUT2D eigenvalue weighted by Gasteiger charge is 2.29. The second-order valence-corrected chi connectivity index (χ2v) is 8.95. The molecule has 0 saturated carbocycles. The quantitative estimate of drug-likeness (QED) is 0.232. The molecule has 8 nitrogen and oxygen atoms in total. The van der Waals surface area contributed by atoms with Crippen LogP contribution in [0.15, 0.2) is 72.8 Å². The number of hydrogen-bond donors (Lipinski definition) is 1. The van der Waals surface area contributed by atoms with Gasteiger partial charge in [0, 0.05) is 19.5 Å². The Morgan fingerprint density at radius 3 is 1.89 bits per heavy atom. The van der Waals surface area contributed by atoms with E-state index in [9.17, 15) is 4.79 Å². The Hall–Kier alpha value is -3.59. The van der Waals surface area contributed by atoms with Crippen molar-refractivity contribution >= 4 is 11.8 Å². The van der Waals surface area contributed by atoms with Gasteiger partial charge in [0.05, 0.1) is 45.3 Å². The summed E-state index contributed by atoms with van der Waals surface area (Å²) in [6.45, 7) is 3.86. The first-order valence-electron chi connectivity index (χ1n) is 12.9. The minimum absolute atomic E-state index is 0.0484. The Labute approximate surface area is 224 Å². The number of nitrogen functional groups attached to an aromatic ring is 1. The maximum Gasteiger partial charge on any atom is 0.409 e. The molecule has 3 aromatic rings. The van der Waals surface area contributed by atoms with Gasteiger partial charge in [-0.1, -0.05) is 60.7 Å². The highest BCUT2D eigenvalue weighted by molar-refractivity contribution is 5.79. The lowest BCUT2D eigenvalue weighted by atomic mass is 9.98. The molecule has 1 aliphatic carbocycles. The number of anilines is 1. The molecule has 202 valence electrons. The van der Waals surface area contributed by atoms with Crippen molar-refractivity contribution in [3.63, 3.8) is 0 Å². The SMILES string of the molecule is CN(CCOCCOCCOCCOc1ccccc1N)C(=O)OCC1c2ccccc2-c2ccccc21. The molecule has 0 bridgehead atoms. The molecule has 1 aliphatic rings. The van der Waals surface area contributed by atoms with E-state index in [1.54, 1.807) is 13.1 Å². The first-order valence-corrected chi connectivity index (χ1v) is 12.9. The molecule has 0 aliphatic heterocycles. The number of carbonyl (C=O) groups excluding carboxylic acids is 1. The van der Waals surface area contributed by atoms with Gasteiger partial charge in [0.25, 0.3) is 0 Å². The van der Waals surface area contributed by atoms with Crippen LogP contribution in [0, 0.1) is 0 Å². The molecular weight excluding hydrogens is 484 g/mol. The van der Waals surface area contributed by atoms with Crippen molar-refractivity contribution in [1.29, 1.82) is 0 Å². The van der Waals surface area contributed by atoms with E-state index in [-0.39, 0.29) is 12.0 Å². The van der Waals surface area contributed by atoms with Crippen molar-refractivity contribution in [2.75, 3.05) is 72.2 Å². The Balaban J connectivity index is 1.02. The monoisotopic (exact) mass is 520 g/mol. The van der Waals surface area contributed by atoms with Crippen molar-refractivity contribution in [3.8, 4) is 16.9 Å². The van der Waals surface area contributed by atoms with Gasteiger partial charge in [-0.3, -0.25) is 0 Å². The van der Waals surface area contributed by atoms with Gasteiger partial charge >= 0.3 is 6.09 Å². The first kappa shape index (κ1) is 27.4. The number of ether oxygens (including phenoxy) is 5. The van der Waals surface area contributed by atoms with E-state index < -0.39 is 0 Å². The highest BCUT2D eigenvalue weighted by atomic mass is 16.6. The molecule has 0 spiro atoms. The molecule has 3 aromatic carbocycles.